The van der Waals surface area contributed by atoms with Gasteiger partial charge in [-0.2, -0.15) is 0 Å². The third-order valence-electron chi connectivity index (χ3n) is 12.9. The standard InChI is InChI=1S/C31H35N3O3/c1-2-32-23(7-4-8-26(32)36)28(37)34-17-19-15-31-25-13-18-9-10-21(35)14-22(18)29(31,27-24(34)16-30(19,27)31)11-12-33(25)20-5-3-6-20/h4,7-10,14,19-20,24-25,27,35H,2-3,5-6,11-13,15-17H2,1H3/t19-,24?,25?,27?,29?,30-,31?/m1/s1. The van der Waals surface area contributed by atoms with Gasteiger partial charge in [0, 0.05) is 48.1 Å². The summed E-state index contributed by atoms with van der Waals surface area (Å²) in [6.07, 6.45) is 8.68. The molecule has 4 heterocycles. The van der Waals surface area contributed by atoms with E-state index in [1.807, 2.05) is 19.1 Å². The van der Waals surface area contributed by atoms with E-state index < -0.39 is 0 Å². The summed E-state index contributed by atoms with van der Waals surface area (Å²) in [6, 6.07) is 12.9. The number of piperidine rings is 3. The second-order valence-corrected chi connectivity index (χ2v) is 13.2. The summed E-state index contributed by atoms with van der Waals surface area (Å²) >= 11 is 0. The van der Waals surface area contributed by atoms with Crippen LogP contribution in [0, 0.1) is 22.7 Å². The summed E-state index contributed by atoms with van der Waals surface area (Å²) < 4.78 is 1.63. The lowest BCUT2D eigenvalue weighted by atomic mass is 9.08. The minimum atomic E-state index is -0.0962. The van der Waals surface area contributed by atoms with E-state index in [1.165, 1.54) is 36.8 Å². The van der Waals surface area contributed by atoms with Crippen LogP contribution in [0.5, 0.6) is 5.75 Å². The van der Waals surface area contributed by atoms with E-state index in [-0.39, 0.29) is 22.9 Å². The second-order valence-electron chi connectivity index (χ2n) is 13.2. The molecule has 4 saturated carbocycles. The molecule has 7 atom stereocenters. The molecule has 4 bridgehead atoms. The molecule has 7 fully saturated rings. The van der Waals surface area contributed by atoms with Gasteiger partial charge in [0.25, 0.3) is 11.5 Å². The number of amides is 1. The number of hydrogen-bond acceptors (Lipinski definition) is 4. The van der Waals surface area contributed by atoms with Gasteiger partial charge >= 0.3 is 0 Å². The number of rotatable bonds is 3. The minimum absolute atomic E-state index is 0.0362. The summed E-state index contributed by atoms with van der Waals surface area (Å²) in [5.41, 5.74) is 4.03. The number of benzene rings is 1. The molecule has 10 rings (SSSR count). The van der Waals surface area contributed by atoms with Crippen molar-refractivity contribution in [2.24, 2.45) is 22.7 Å². The molecule has 2 aromatic rings. The Kier molecular flexibility index (Phi) is 3.75. The van der Waals surface area contributed by atoms with E-state index in [0.717, 1.165) is 38.4 Å². The maximum absolute atomic E-state index is 14.0. The van der Waals surface area contributed by atoms with Gasteiger partial charge in [0.15, 0.2) is 0 Å². The SMILES string of the molecule is CCn1c(C(=O)N2C[C@H]3CC45C6Cc7ccc(O)cc7C4(CCN6C4CCC4)C4C2C[C@]435)cccc1=O. The van der Waals surface area contributed by atoms with Crippen molar-refractivity contribution >= 4 is 5.91 Å². The number of pyridine rings is 1. The normalized spacial score (nSPS) is 42.2. The Balaban J connectivity index is 1.17. The van der Waals surface area contributed by atoms with Crippen molar-refractivity contribution in [2.45, 2.75) is 82.0 Å². The zero-order valence-electron chi connectivity index (χ0n) is 21.5. The number of phenols is 1. The van der Waals surface area contributed by atoms with E-state index in [0.29, 0.717) is 46.7 Å². The molecule has 3 saturated heterocycles. The minimum Gasteiger partial charge on any atom is -0.508 e. The van der Waals surface area contributed by atoms with Crippen molar-refractivity contribution in [1.29, 1.82) is 0 Å². The van der Waals surface area contributed by atoms with Gasteiger partial charge < -0.3 is 14.6 Å². The highest BCUT2D eigenvalue weighted by atomic mass is 16.3. The van der Waals surface area contributed by atoms with E-state index in [9.17, 15) is 14.7 Å². The number of aromatic hydroxyl groups is 1. The lowest BCUT2D eigenvalue weighted by molar-refractivity contribution is -0.466. The lowest BCUT2D eigenvalue weighted by Gasteiger charge is -2.98. The van der Waals surface area contributed by atoms with Gasteiger partial charge in [0.05, 0.1) is 0 Å². The second kappa shape index (κ2) is 6.51. The zero-order chi connectivity index (χ0) is 24.9. The fourth-order valence-electron chi connectivity index (χ4n) is 11.7. The average Bonchev–Trinajstić information content (AvgIpc) is 2.83. The summed E-state index contributed by atoms with van der Waals surface area (Å²) in [6.45, 7) is 4.44. The molecule has 5 aliphatic carbocycles. The van der Waals surface area contributed by atoms with Crippen LogP contribution in [0.1, 0.15) is 67.1 Å². The Labute approximate surface area is 217 Å². The van der Waals surface area contributed by atoms with Gasteiger partial charge in [-0.15, -0.1) is 0 Å². The molecule has 6 nitrogen and oxygen atoms in total. The largest absolute Gasteiger partial charge is 0.508 e. The Morgan fingerprint density at radius 2 is 2.03 bits per heavy atom. The number of hydrogen-bond donors (Lipinski definition) is 1. The van der Waals surface area contributed by atoms with Crippen molar-refractivity contribution in [1.82, 2.24) is 14.4 Å². The van der Waals surface area contributed by atoms with Gasteiger partial charge in [-0.05, 0) is 98.6 Å². The highest BCUT2D eigenvalue weighted by Crippen LogP contribution is 2.96. The molecule has 6 heteroatoms. The van der Waals surface area contributed by atoms with E-state index >= 15 is 0 Å². The predicted molar refractivity (Wildman–Crippen MR) is 139 cm³/mol. The maximum Gasteiger partial charge on any atom is 0.270 e. The first kappa shape index (κ1) is 21.3. The van der Waals surface area contributed by atoms with Gasteiger partial charge in [-0.1, -0.05) is 18.6 Å². The van der Waals surface area contributed by atoms with Crippen molar-refractivity contribution < 1.29 is 9.90 Å². The maximum atomic E-state index is 14.0. The highest BCUT2D eigenvalue weighted by Gasteiger charge is 2.97. The van der Waals surface area contributed by atoms with Crippen LogP contribution in [0.25, 0.3) is 0 Å². The molecular weight excluding hydrogens is 462 g/mol. The first-order valence-corrected chi connectivity index (χ1v) is 14.6. The summed E-state index contributed by atoms with van der Waals surface area (Å²) in [4.78, 5) is 31.7. The van der Waals surface area contributed by atoms with Crippen LogP contribution in [0.3, 0.4) is 0 Å². The van der Waals surface area contributed by atoms with E-state index in [2.05, 4.69) is 21.9 Å². The third-order valence-corrected chi connectivity index (χ3v) is 12.9. The van der Waals surface area contributed by atoms with Crippen molar-refractivity contribution in [3.8, 4) is 5.75 Å². The van der Waals surface area contributed by atoms with Crippen LogP contribution < -0.4 is 5.56 Å². The van der Waals surface area contributed by atoms with E-state index in [1.54, 1.807) is 16.7 Å². The number of phenolic OH excluding ortho intramolecular Hbond substituents is 1. The van der Waals surface area contributed by atoms with Crippen molar-refractivity contribution in [2.75, 3.05) is 13.1 Å². The monoisotopic (exact) mass is 497 g/mol. The molecule has 0 radical (unpaired) electrons. The third kappa shape index (κ3) is 2.00. The van der Waals surface area contributed by atoms with E-state index in [4.69, 9.17) is 0 Å². The number of likely N-dealkylation sites (tertiary alicyclic amines) is 1. The molecule has 192 valence electrons. The highest BCUT2D eigenvalue weighted by molar-refractivity contribution is 5.93. The predicted octanol–water partition coefficient (Wildman–Crippen LogP) is 3.55. The molecular formula is C31H35N3O3. The summed E-state index contributed by atoms with van der Waals surface area (Å²) in [7, 11) is 0. The topological polar surface area (TPSA) is 65.8 Å². The molecule has 1 aromatic carbocycles. The molecule has 37 heavy (non-hydrogen) atoms. The van der Waals surface area contributed by atoms with Crippen LogP contribution in [0.15, 0.2) is 41.2 Å². The summed E-state index contributed by atoms with van der Waals surface area (Å²) in [5.74, 6) is 1.46. The van der Waals surface area contributed by atoms with Crippen LogP contribution in [0.2, 0.25) is 0 Å². The number of nitrogens with zero attached hydrogens (tertiary/aromatic N) is 3. The van der Waals surface area contributed by atoms with Crippen LogP contribution in [-0.2, 0) is 18.4 Å². The Morgan fingerprint density at radius 1 is 1.16 bits per heavy atom. The average molecular weight is 498 g/mol. The number of fused-ring (bicyclic) bond motifs is 2. The quantitative estimate of drug-likeness (QED) is 0.705. The van der Waals surface area contributed by atoms with Crippen LogP contribution in [-0.4, -0.2) is 56.6 Å². The molecule has 1 aromatic heterocycles. The first-order valence-electron chi connectivity index (χ1n) is 14.6. The molecule has 1 N–H and O–H groups in total. The fraction of sp³-hybridized carbons (Fsp3) is 0.613. The zero-order valence-corrected chi connectivity index (χ0v) is 21.5. The first-order chi connectivity index (χ1) is 18.0. The molecule has 1 amide bonds. The molecule has 2 spiro atoms. The molecule has 3 aliphatic heterocycles. The summed E-state index contributed by atoms with van der Waals surface area (Å²) in [5, 5.41) is 10.6. The van der Waals surface area contributed by atoms with Crippen LogP contribution in [0.4, 0.5) is 0 Å². The molecule has 5 unspecified atom stereocenters. The number of carbonyl (C=O) groups excluding carboxylic acids is 1. The fourth-order valence-corrected chi connectivity index (χ4v) is 11.7. The molecule has 8 aliphatic rings. The van der Waals surface area contributed by atoms with Crippen molar-refractivity contribution in [3.63, 3.8) is 0 Å². The smallest absolute Gasteiger partial charge is 0.270 e. The van der Waals surface area contributed by atoms with Gasteiger partial charge in [0.2, 0.25) is 0 Å². The van der Waals surface area contributed by atoms with Gasteiger partial charge in [-0.3, -0.25) is 14.5 Å². The Morgan fingerprint density at radius 3 is 2.78 bits per heavy atom. The van der Waals surface area contributed by atoms with Crippen LogP contribution >= 0.6 is 0 Å². The number of carbonyl (C=O) groups is 1. The van der Waals surface area contributed by atoms with Crippen molar-refractivity contribution in [3.05, 3.63) is 63.6 Å². The lowest BCUT2D eigenvalue weighted by Crippen LogP contribution is -3.00. The Bertz CT molecular complexity index is 1450. The van der Waals surface area contributed by atoms with Gasteiger partial charge in [0.1, 0.15) is 11.4 Å². The Hall–Kier alpha value is -2.60. The van der Waals surface area contributed by atoms with Gasteiger partial charge in [-0.25, -0.2) is 0 Å². The number of aromatic nitrogens is 1.